The molecule has 1 aromatic rings. The Balaban J connectivity index is 3.35. The molecule has 0 aromatic carbocycles. The van der Waals surface area contributed by atoms with Crippen molar-refractivity contribution in [3.8, 4) is 0 Å². The van der Waals surface area contributed by atoms with Crippen LogP contribution >= 0.6 is 15.9 Å². The molecule has 0 fully saturated rings. The molecule has 0 aliphatic carbocycles. The van der Waals surface area contributed by atoms with Crippen molar-refractivity contribution in [3.05, 3.63) is 29.1 Å². The summed E-state index contributed by atoms with van der Waals surface area (Å²) >= 11 is 2.76. The summed E-state index contributed by atoms with van der Waals surface area (Å²) in [7, 11) is 0. The van der Waals surface area contributed by atoms with Gasteiger partial charge in [-0.3, -0.25) is 4.98 Å². The molecule has 84 valence electrons. The van der Waals surface area contributed by atoms with Crippen LogP contribution in [-0.4, -0.2) is 4.98 Å². The number of rotatable bonds is 2. The molecule has 0 aliphatic heterocycles. The summed E-state index contributed by atoms with van der Waals surface area (Å²) in [6.45, 7) is 0. The van der Waals surface area contributed by atoms with Gasteiger partial charge in [0.15, 0.2) is 0 Å². The summed E-state index contributed by atoms with van der Waals surface area (Å²) in [5.74, 6) is 0. The van der Waals surface area contributed by atoms with Crippen molar-refractivity contribution in [2.45, 2.75) is 17.9 Å². The molecule has 1 nitrogen and oxygen atoms in total. The molecule has 7 heteroatoms. The Kier molecular flexibility index (Phi) is 3.64. The van der Waals surface area contributed by atoms with Gasteiger partial charge in [0.25, 0.3) is 6.43 Å². The Bertz CT molecular complexity index is 349. The minimum atomic E-state index is -4.67. The molecule has 0 amide bonds. The normalized spacial score (nSPS) is 12.2. The molecule has 0 atom stereocenters. The largest absolute Gasteiger partial charge is 0.418 e. The Labute approximate surface area is 90.4 Å². The van der Waals surface area contributed by atoms with Crippen molar-refractivity contribution in [3.63, 3.8) is 0 Å². The standard InChI is InChI=1S/C8H5BrF5N/c9-1-4-5(7(10)11)2-15-3-6(4)8(12,13)14/h2-3,7H,1H2. The second-order valence-electron chi connectivity index (χ2n) is 2.69. The van der Waals surface area contributed by atoms with Crippen LogP contribution in [-0.2, 0) is 11.5 Å². The van der Waals surface area contributed by atoms with Gasteiger partial charge in [-0.05, 0) is 5.56 Å². The number of aromatic nitrogens is 1. The highest BCUT2D eigenvalue weighted by Crippen LogP contribution is 2.36. The van der Waals surface area contributed by atoms with Crippen LogP contribution in [0.3, 0.4) is 0 Å². The average molecular weight is 290 g/mol. The fraction of sp³-hybridized carbons (Fsp3) is 0.375. The van der Waals surface area contributed by atoms with E-state index in [1.807, 2.05) is 0 Å². The molecular weight excluding hydrogens is 285 g/mol. The summed E-state index contributed by atoms with van der Waals surface area (Å²) in [6.07, 6.45) is -6.34. The van der Waals surface area contributed by atoms with Gasteiger partial charge in [0.05, 0.1) is 5.56 Å². The highest BCUT2D eigenvalue weighted by Gasteiger charge is 2.35. The molecular formula is C8H5BrF5N. The van der Waals surface area contributed by atoms with Gasteiger partial charge in [0.1, 0.15) is 0 Å². The van der Waals surface area contributed by atoms with E-state index in [2.05, 4.69) is 20.9 Å². The number of alkyl halides is 6. The minimum absolute atomic E-state index is 0.288. The first kappa shape index (κ1) is 12.4. The second-order valence-corrected chi connectivity index (χ2v) is 3.25. The minimum Gasteiger partial charge on any atom is -0.264 e. The highest BCUT2D eigenvalue weighted by atomic mass is 79.9. The SMILES string of the molecule is FC(F)c1cncc(C(F)(F)F)c1CBr. The van der Waals surface area contributed by atoms with Gasteiger partial charge >= 0.3 is 6.18 Å². The number of pyridine rings is 1. The first-order valence-electron chi connectivity index (χ1n) is 3.76. The van der Waals surface area contributed by atoms with Crippen molar-refractivity contribution < 1.29 is 22.0 Å². The summed E-state index contributed by atoms with van der Waals surface area (Å²) in [5, 5.41) is -0.288. The van der Waals surface area contributed by atoms with Crippen LogP contribution in [0.2, 0.25) is 0 Å². The summed E-state index contributed by atoms with van der Waals surface area (Å²) in [5.41, 5.74) is -2.29. The van der Waals surface area contributed by atoms with E-state index in [4.69, 9.17) is 0 Å². The maximum Gasteiger partial charge on any atom is 0.418 e. The Morgan fingerprint density at radius 2 is 1.87 bits per heavy atom. The van der Waals surface area contributed by atoms with Crippen LogP contribution in [0.4, 0.5) is 22.0 Å². The van der Waals surface area contributed by atoms with Gasteiger partial charge in [-0.1, -0.05) is 15.9 Å². The smallest absolute Gasteiger partial charge is 0.264 e. The lowest BCUT2D eigenvalue weighted by atomic mass is 10.1. The molecule has 0 bridgehead atoms. The van der Waals surface area contributed by atoms with Crippen LogP contribution < -0.4 is 0 Å². The van der Waals surface area contributed by atoms with Gasteiger partial charge in [-0.2, -0.15) is 13.2 Å². The van der Waals surface area contributed by atoms with E-state index in [0.717, 1.165) is 6.20 Å². The molecule has 0 spiro atoms. The third kappa shape index (κ3) is 2.64. The van der Waals surface area contributed by atoms with E-state index in [0.29, 0.717) is 6.20 Å². The fourth-order valence-corrected chi connectivity index (χ4v) is 1.71. The fourth-order valence-electron chi connectivity index (χ4n) is 1.08. The van der Waals surface area contributed by atoms with Crippen molar-refractivity contribution in [1.29, 1.82) is 0 Å². The van der Waals surface area contributed by atoms with Gasteiger partial charge in [0.2, 0.25) is 0 Å². The Hall–Kier alpha value is -0.720. The highest BCUT2D eigenvalue weighted by molar-refractivity contribution is 9.08. The zero-order valence-electron chi connectivity index (χ0n) is 7.15. The van der Waals surface area contributed by atoms with E-state index < -0.39 is 29.3 Å². The predicted molar refractivity (Wildman–Crippen MR) is 46.8 cm³/mol. The predicted octanol–water partition coefficient (Wildman–Crippen LogP) is 3.93. The monoisotopic (exact) mass is 289 g/mol. The van der Waals surface area contributed by atoms with Crippen LogP contribution in [0.15, 0.2) is 12.4 Å². The molecule has 0 saturated heterocycles. The summed E-state index contributed by atoms with van der Waals surface area (Å²) in [6, 6.07) is 0. The number of halogens is 6. The number of nitrogens with zero attached hydrogens (tertiary/aromatic N) is 1. The maximum absolute atomic E-state index is 12.4. The molecule has 1 aromatic heterocycles. The lowest BCUT2D eigenvalue weighted by molar-refractivity contribution is -0.138. The van der Waals surface area contributed by atoms with Crippen molar-refractivity contribution in [1.82, 2.24) is 4.98 Å². The Morgan fingerprint density at radius 1 is 1.27 bits per heavy atom. The topological polar surface area (TPSA) is 12.9 Å². The van der Waals surface area contributed by atoms with E-state index in [-0.39, 0.29) is 5.33 Å². The van der Waals surface area contributed by atoms with Crippen molar-refractivity contribution >= 4 is 15.9 Å². The summed E-state index contributed by atoms with van der Waals surface area (Å²) < 4.78 is 61.8. The maximum atomic E-state index is 12.4. The molecule has 0 N–H and O–H groups in total. The van der Waals surface area contributed by atoms with Gasteiger partial charge < -0.3 is 0 Å². The van der Waals surface area contributed by atoms with Crippen LogP contribution in [0, 0.1) is 0 Å². The molecule has 0 saturated carbocycles. The third-order valence-corrected chi connectivity index (χ3v) is 2.33. The van der Waals surface area contributed by atoms with E-state index in [1.54, 1.807) is 0 Å². The quantitative estimate of drug-likeness (QED) is 0.594. The number of hydrogen-bond acceptors (Lipinski definition) is 1. The van der Waals surface area contributed by atoms with Crippen LogP contribution in [0.5, 0.6) is 0 Å². The van der Waals surface area contributed by atoms with E-state index >= 15 is 0 Å². The number of hydrogen-bond donors (Lipinski definition) is 0. The molecule has 0 aliphatic rings. The average Bonchev–Trinajstić information content (AvgIpc) is 2.15. The lowest BCUT2D eigenvalue weighted by Crippen LogP contribution is -2.11. The first-order valence-corrected chi connectivity index (χ1v) is 4.88. The van der Waals surface area contributed by atoms with Gasteiger partial charge in [-0.15, -0.1) is 0 Å². The van der Waals surface area contributed by atoms with E-state index in [1.165, 1.54) is 0 Å². The molecule has 15 heavy (non-hydrogen) atoms. The molecule has 1 heterocycles. The van der Waals surface area contributed by atoms with Gasteiger partial charge in [0, 0.05) is 23.3 Å². The summed E-state index contributed by atoms with van der Waals surface area (Å²) in [4.78, 5) is 3.16. The Morgan fingerprint density at radius 3 is 2.27 bits per heavy atom. The molecule has 1 rings (SSSR count). The molecule has 0 radical (unpaired) electrons. The van der Waals surface area contributed by atoms with E-state index in [9.17, 15) is 22.0 Å². The third-order valence-electron chi connectivity index (χ3n) is 1.76. The van der Waals surface area contributed by atoms with Crippen LogP contribution in [0.25, 0.3) is 0 Å². The second kappa shape index (κ2) is 4.42. The van der Waals surface area contributed by atoms with Crippen LogP contribution in [0.1, 0.15) is 23.1 Å². The van der Waals surface area contributed by atoms with Crippen molar-refractivity contribution in [2.75, 3.05) is 0 Å². The molecule has 0 unspecified atom stereocenters. The lowest BCUT2D eigenvalue weighted by Gasteiger charge is -2.13. The first-order chi connectivity index (χ1) is 6.88. The van der Waals surface area contributed by atoms with Crippen molar-refractivity contribution in [2.24, 2.45) is 0 Å². The van der Waals surface area contributed by atoms with Gasteiger partial charge in [-0.25, -0.2) is 8.78 Å². The zero-order chi connectivity index (χ0) is 11.6. The zero-order valence-corrected chi connectivity index (χ0v) is 8.74.